The number of nitrogens with one attached hydrogen (secondary N) is 1. The van der Waals surface area contributed by atoms with E-state index in [2.05, 4.69) is 25.2 Å². The van der Waals surface area contributed by atoms with Gasteiger partial charge in [-0.15, -0.1) is 0 Å². The maximum atomic E-state index is 6.72. The molecule has 0 radical (unpaired) electrons. The first-order chi connectivity index (χ1) is 17.0. The lowest BCUT2D eigenvalue weighted by molar-refractivity contribution is 0.539. The zero-order valence-electron chi connectivity index (χ0n) is 18.8. The van der Waals surface area contributed by atoms with Crippen LogP contribution in [0.15, 0.2) is 42.7 Å². The molecule has 2 aliphatic rings. The van der Waals surface area contributed by atoms with Gasteiger partial charge < -0.3 is 10.6 Å². The van der Waals surface area contributed by atoms with Gasteiger partial charge in [0.05, 0.1) is 22.4 Å². The number of rotatable bonds is 4. The molecule has 1 unspecified atom stereocenters. The molecular weight excluding hydrogens is 485 g/mol. The van der Waals surface area contributed by atoms with Gasteiger partial charge in [-0.3, -0.25) is 9.78 Å². The molecule has 5 heterocycles. The highest BCUT2D eigenvalue weighted by molar-refractivity contribution is 6.38. The molecule has 176 valence electrons. The molecule has 5 aromatic rings. The lowest BCUT2D eigenvalue weighted by Gasteiger charge is -2.26. The normalized spacial score (nSPS) is 23.4. The molecule has 3 N–H and O–H groups in total. The number of aromatic amines is 1. The van der Waals surface area contributed by atoms with E-state index in [1.165, 1.54) is 0 Å². The molecular formula is C24H21Cl2N9. The molecule has 1 aliphatic heterocycles. The van der Waals surface area contributed by atoms with Crippen molar-refractivity contribution in [3.8, 4) is 11.3 Å². The SMILES string of the molecule is Cn1cc2c(Cl)c(-c3n[nH]c4nc(N5C[C@@H]6[C@H](C5)C6(CN)c5cccc(Cl)n5)cnc34)ccc2n1. The van der Waals surface area contributed by atoms with Crippen LogP contribution in [0.3, 0.4) is 0 Å². The Morgan fingerprint density at radius 3 is 2.74 bits per heavy atom. The van der Waals surface area contributed by atoms with Crippen LogP contribution in [0.5, 0.6) is 0 Å². The Morgan fingerprint density at radius 2 is 1.97 bits per heavy atom. The predicted molar refractivity (Wildman–Crippen MR) is 136 cm³/mol. The first kappa shape index (κ1) is 21.0. The number of pyridine rings is 1. The van der Waals surface area contributed by atoms with Crippen LogP contribution >= 0.6 is 23.2 Å². The van der Waals surface area contributed by atoms with Crippen molar-refractivity contribution in [2.24, 2.45) is 24.6 Å². The number of H-pyrrole nitrogens is 1. The van der Waals surface area contributed by atoms with E-state index in [4.69, 9.17) is 38.9 Å². The predicted octanol–water partition coefficient (Wildman–Crippen LogP) is 3.57. The van der Waals surface area contributed by atoms with Gasteiger partial charge >= 0.3 is 0 Å². The molecule has 9 nitrogen and oxygen atoms in total. The number of halogens is 2. The third-order valence-electron chi connectivity index (χ3n) is 7.64. The summed E-state index contributed by atoms with van der Waals surface area (Å²) < 4.78 is 1.75. The molecule has 1 saturated carbocycles. The number of nitrogens with two attached hydrogens (primary N) is 1. The van der Waals surface area contributed by atoms with Gasteiger partial charge in [-0.25, -0.2) is 15.0 Å². The van der Waals surface area contributed by atoms with E-state index < -0.39 is 0 Å². The van der Waals surface area contributed by atoms with E-state index in [0.717, 1.165) is 41.1 Å². The van der Waals surface area contributed by atoms with Gasteiger partial charge in [-0.1, -0.05) is 29.3 Å². The second-order valence-corrected chi connectivity index (χ2v) is 10.1. The molecule has 1 saturated heterocycles. The number of anilines is 1. The van der Waals surface area contributed by atoms with E-state index in [9.17, 15) is 0 Å². The first-order valence-corrected chi connectivity index (χ1v) is 12.2. The molecule has 1 aromatic carbocycles. The summed E-state index contributed by atoms with van der Waals surface area (Å²) >= 11 is 12.9. The van der Waals surface area contributed by atoms with E-state index in [1.807, 2.05) is 43.7 Å². The zero-order chi connectivity index (χ0) is 23.9. The lowest BCUT2D eigenvalue weighted by atomic mass is 9.95. The smallest absolute Gasteiger partial charge is 0.177 e. The van der Waals surface area contributed by atoms with Crippen LogP contribution < -0.4 is 10.6 Å². The fourth-order valence-corrected chi connectivity index (χ4v) is 6.33. The molecule has 35 heavy (non-hydrogen) atoms. The molecule has 2 fully saturated rings. The van der Waals surface area contributed by atoms with Crippen molar-refractivity contribution in [3.63, 3.8) is 0 Å². The largest absolute Gasteiger partial charge is 0.355 e. The Morgan fingerprint density at radius 1 is 1.14 bits per heavy atom. The second kappa shape index (κ2) is 7.36. The van der Waals surface area contributed by atoms with Gasteiger partial charge in [0.2, 0.25) is 0 Å². The summed E-state index contributed by atoms with van der Waals surface area (Å²) in [5, 5.41) is 13.9. The summed E-state index contributed by atoms with van der Waals surface area (Å²) in [5.41, 5.74) is 10.7. The van der Waals surface area contributed by atoms with Gasteiger partial charge in [-0.05, 0) is 36.1 Å². The fraction of sp³-hybridized carbons (Fsp3) is 0.292. The van der Waals surface area contributed by atoms with Crippen molar-refractivity contribution in [3.05, 3.63) is 58.6 Å². The number of hydrogen-bond acceptors (Lipinski definition) is 7. The van der Waals surface area contributed by atoms with Crippen molar-refractivity contribution >= 4 is 51.1 Å². The Hall–Kier alpha value is -3.27. The number of nitrogens with zero attached hydrogens (tertiary/aromatic N) is 7. The average molecular weight is 506 g/mol. The number of fused-ring (bicyclic) bond motifs is 3. The van der Waals surface area contributed by atoms with Crippen molar-refractivity contribution in [1.82, 2.24) is 34.9 Å². The summed E-state index contributed by atoms with van der Waals surface area (Å²) in [7, 11) is 1.87. The Balaban J connectivity index is 1.18. The van der Waals surface area contributed by atoms with E-state index in [1.54, 1.807) is 10.7 Å². The van der Waals surface area contributed by atoms with E-state index in [0.29, 0.717) is 45.4 Å². The number of aromatic nitrogens is 7. The summed E-state index contributed by atoms with van der Waals surface area (Å²) in [6.07, 6.45) is 3.71. The Kier molecular flexibility index (Phi) is 4.43. The molecule has 0 spiro atoms. The Bertz CT molecular complexity index is 1610. The quantitative estimate of drug-likeness (QED) is 0.358. The highest BCUT2D eigenvalue weighted by Gasteiger charge is 2.69. The number of piperidine rings is 1. The number of benzene rings is 1. The number of aryl methyl sites for hydroxylation is 1. The van der Waals surface area contributed by atoms with Gasteiger partial charge in [-0.2, -0.15) is 10.2 Å². The third kappa shape index (κ3) is 2.95. The van der Waals surface area contributed by atoms with Crippen LogP contribution in [0.4, 0.5) is 5.82 Å². The van der Waals surface area contributed by atoms with Crippen molar-refractivity contribution in [2.45, 2.75) is 5.41 Å². The molecule has 3 atom stereocenters. The zero-order valence-corrected chi connectivity index (χ0v) is 20.3. The van der Waals surface area contributed by atoms with Crippen LogP contribution in [-0.4, -0.2) is 54.6 Å². The molecule has 0 bridgehead atoms. The summed E-state index contributed by atoms with van der Waals surface area (Å²) in [4.78, 5) is 16.4. The molecule has 0 amide bonds. The van der Waals surface area contributed by atoms with E-state index >= 15 is 0 Å². The molecule has 11 heteroatoms. The van der Waals surface area contributed by atoms with Crippen molar-refractivity contribution < 1.29 is 0 Å². The monoisotopic (exact) mass is 505 g/mol. The summed E-state index contributed by atoms with van der Waals surface area (Å²) in [5.74, 6) is 1.65. The van der Waals surface area contributed by atoms with Crippen LogP contribution in [-0.2, 0) is 12.5 Å². The van der Waals surface area contributed by atoms with Gasteiger partial charge in [0.25, 0.3) is 0 Å². The van der Waals surface area contributed by atoms with Gasteiger partial charge in [0.15, 0.2) is 5.65 Å². The van der Waals surface area contributed by atoms with Gasteiger partial charge in [0, 0.05) is 49.2 Å². The minimum Gasteiger partial charge on any atom is -0.355 e. The maximum Gasteiger partial charge on any atom is 0.177 e. The fourth-order valence-electron chi connectivity index (χ4n) is 5.87. The first-order valence-electron chi connectivity index (χ1n) is 11.4. The maximum absolute atomic E-state index is 6.72. The highest BCUT2D eigenvalue weighted by atomic mass is 35.5. The highest BCUT2D eigenvalue weighted by Crippen LogP contribution is 2.62. The van der Waals surface area contributed by atoms with Crippen molar-refractivity contribution in [2.75, 3.05) is 24.5 Å². The summed E-state index contributed by atoms with van der Waals surface area (Å²) in [6.45, 7) is 2.25. The molecule has 1 aliphatic carbocycles. The second-order valence-electron chi connectivity index (χ2n) is 9.37. The number of hydrogen-bond donors (Lipinski definition) is 2. The van der Waals surface area contributed by atoms with Gasteiger partial charge in [0.1, 0.15) is 22.2 Å². The van der Waals surface area contributed by atoms with Crippen LogP contribution in [0, 0.1) is 11.8 Å². The Labute approximate surface area is 210 Å². The molecule has 4 aromatic heterocycles. The van der Waals surface area contributed by atoms with Crippen LogP contribution in [0.2, 0.25) is 10.2 Å². The van der Waals surface area contributed by atoms with Crippen molar-refractivity contribution in [1.29, 1.82) is 0 Å². The average Bonchev–Trinajstić information content (AvgIpc) is 3.30. The lowest BCUT2D eigenvalue weighted by Crippen LogP contribution is -2.35. The standard InChI is InChI=1S/C24H21Cl2N9/c1-34-8-13-16(33-34)6-5-12(20(13)26)21-22-23(32-31-21)30-19(7-28-22)35-9-14-15(10-35)24(14,11-27)17-3-2-4-18(25)29-17/h2-8,14-15H,9-11,27H2,1H3,(H,30,31,32)/t14-,15+,24?. The minimum absolute atomic E-state index is 0.109. The van der Waals surface area contributed by atoms with Crippen LogP contribution in [0.25, 0.3) is 33.3 Å². The molecule has 7 rings (SSSR count). The third-order valence-corrected chi connectivity index (χ3v) is 8.26. The van der Waals surface area contributed by atoms with Crippen LogP contribution in [0.1, 0.15) is 5.69 Å². The topological polar surface area (TPSA) is 114 Å². The van der Waals surface area contributed by atoms with E-state index in [-0.39, 0.29) is 5.41 Å². The summed E-state index contributed by atoms with van der Waals surface area (Å²) in [6, 6.07) is 9.64. The minimum atomic E-state index is -0.109.